The lowest BCUT2D eigenvalue weighted by atomic mass is 10.4. The third-order valence-corrected chi connectivity index (χ3v) is 1.51. The average molecular weight is 198 g/mol. The van der Waals surface area contributed by atoms with E-state index in [2.05, 4.69) is 18.9 Å². The molecule has 4 atom stereocenters. The lowest BCUT2D eigenvalue weighted by Crippen LogP contribution is -2.23. The van der Waals surface area contributed by atoms with Crippen molar-refractivity contribution < 1.29 is 13.8 Å². The van der Waals surface area contributed by atoms with Gasteiger partial charge in [-0.2, -0.15) is 0 Å². The molecule has 5 heteroatoms. The molecule has 0 heterocycles. The van der Waals surface area contributed by atoms with Crippen molar-refractivity contribution in [3.63, 3.8) is 0 Å². The highest BCUT2D eigenvalue weighted by molar-refractivity contribution is 7.10. The molecule has 68 valence electrons. The van der Waals surface area contributed by atoms with Crippen LogP contribution in [-0.4, -0.2) is 25.4 Å². The van der Waals surface area contributed by atoms with Gasteiger partial charge in [0.2, 0.25) is 0 Å². The molecule has 11 heavy (non-hydrogen) atoms. The molecule has 0 spiro atoms. The lowest BCUT2D eigenvalue weighted by Gasteiger charge is -2.17. The second-order valence-corrected chi connectivity index (χ2v) is 3.09. The number of rotatable bonds is 6. The van der Waals surface area contributed by atoms with Crippen molar-refractivity contribution >= 4 is 18.9 Å². The molecule has 0 saturated carbocycles. The Hall–Kier alpha value is 0.740. The number of ether oxygens (including phenoxy) is 1. The van der Waals surface area contributed by atoms with Crippen molar-refractivity contribution in [2.75, 3.05) is 13.2 Å². The van der Waals surface area contributed by atoms with Crippen LogP contribution in [0, 0.1) is 0 Å². The summed E-state index contributed by atoms with van der Waals surface area (Å²) >= 11 is 0. The van der Waals surface area contributed by atoms with Gasteiger partial charge in [-0.25, -0.2) is 0 Å². The van der Waals surface area contributed by atoms with Crippen molar-refractivity contribution in [1.82, 2.24) is 0 Å². The fourth-order valence-corrected chi connectivity index (χ4v) is 1.29. The third-order valence-electron chi connectivity index (χ3n) is 1.13. The summed E-state index contributed by atoms with van der Waals surface area (Å²) in [5, 5.41) is 0. The van der Waals surface area contributed by atoms with Crippen molar-refractivity contribution in [1.29, 1.82) is 0 Å². The molecule has 0 amide bonds. The molecule has 0 bridgehead atoms. The minimum absolute atomic E-state index is 0.114. The zero-order valence-corrected chi connectivity index (χ0v) is 9.26. The fraction of sp³-hybridized carbons (Fsp3) is 1.00. The summed E-state index contributed by atoms with van der Waals surface area (Å²) in [5.41, 5.74) is 0. The standard InChI is InChI=1S/C6H16O3P2/c1-5(3-7-10)9-6(2)4-8-11/h5-6H,3-4,10-11H2,1-2H3. The average Bonchev–Trinajstić information content (AvgIpc) is 1.87. The van der Waals surface area contributed by atoms with E-state index in [9.17, 15) is 0 Å². The van der Waals surface area contributed by atoms with E-state index < -0.39 is 0 Å². The van der Waals surface area contributed by atoms with Gasteiger partial charge in [0, 0.05) is 18.9 Å². The zero-order valence-electron chi connectivity index (χ0n) is 6.95. The first-order valence-corrected chi connectivity index (χ1v) is 4.43. The Morgan fingerprint density at radius 2 is 1.36 bits per heavy atom. The number of hydrogen-bond donors (Lipinski definition) is 0. The lowest BCUT2D eigenvalue weighted by molar-refractivity contribution is -0.0285. The van der Waals surface area contributed by atoms with Crippen LogP contribution in [0.3, 0.4) is 0 Å². The largest absolute Gasteiger partial charge is 0.371 e. The SMILES string of the molecule is CC(COP)OC(C)COP. The van der Waals surface area contributed by atoms with E-state index in [0.29, 0.717) is 13.2 Å². The monoisotopic (exact) mass is 198 g/mol. The predicted molar refractivity (Wildman–Crippen MR) is 51.3 cm³/mol. The molecule has 0 aromatic heterocycles. The summed E-state index contributed by atoms with van der Waals surface area (Å²) in [4.78, 5) is 0. The maximum Gasteiger partial charge on any atom is 0.0788 e. The molecule has 0 aliphatic rings. The van der Waals surface area contributed by atoms with Crippen LogP contribution in [0.15, 0.2) is 0 Å². The van der Waals surface area contributed by atoms with Gasteiger partial charge in [-0.1, -0.05) is 0 Å². The van der Waals surface area contributed by atoms with Gasteiger partial charge < -0.3 is 13.8 Å². The van der Waals surface area contributed by atoms with Crippen LogP contribution in [0.1, 0.15) is 13.8 Å². The summed E-state index contributed by atoms with van der Waals surface area (Å²) in [5.74, 6) is 0. The fourth-order valence-electron chi connectivity index (χ4n) is 0.746. The molecule has 0 aliphatic heterocycles. The quantitative estimate of drug-likeness (QED) is 0.603. The van der Waals surface area contributed by atoms with Crippen LogP contribution in [0.5, 0.6) is 0 Å². The van der Waals surface area contributed by atoms with Gasteiger partial charge in [0.1, 0.15) is 0 Å². The Balaban J connectivity index is 3.32. The van der Waals surface area contributed by atoms with Crippen LogP contribution >= 0.6 is 18.9 Å². The molecule has 0 aromatic rings. The van der Waals surface area contributed by atoms with Crippen molar-refractivity contribution in [3.05, 3.63) is 0 Å². The molecule has 3 nitrogen and oxygen atoms in total. The topological polar surface area (TPSA) is 27.7 Å². The van der Waals surface area contributed by atoms with Gasteiger partial charge in [0.15, 0.2) is 0 Å². The molecule has 0 aliphatic carbocycles. The summed E-state index contributed by atoms with van der Waals surface area (Å²) < 4.78 is 15.1. The van der Waals surface area contributed by atoms with Gasteiger partial charge in [0.25, 0.3) is 0 Å². The Morgan fingerprint density at radius 1 is 1.00 bits per heavy atom. The normalized spacial score (nSPS) is 16.4. The van der Waals surface area contributed by atoms with Gasteiger partial charge in [-0.05, 0) is 13.8 Å². The highest BCUT2D eigenvalue weighted by Crippen LogP contribution is 2.02. The van der Waals surface area contributed by atoms with Gasteiger partial charge >= 0.3 is 0 Å². The van der Waals surface area contributed by atoms with Crippen molar-refractivity contribution in [2.24, 2.45) is 0 Å². The summed E-state index contributed by atoms with van der Waals surface area (Å²) in [6, 6.07) is 0. The minimum atomic E-state index is 0.114. The molecule has 0 N–H and O–H groups in total. The van der Waals surface area contributed by atoms with Crippen LogP contribution in [0.25, 0.3) is 0 Å². The van der Waals surface area contributed by atoms with Crippen LogP contribution in [0.4, 0.5) is 0 Å². The Bertz CT molecular complexity index is 81.9. The number of hydrogen-bond acceptors (Lipinski definition) is 3. The molecular weight excluding hydrogens is 182 g/mol. The Morgan fingerprint density at radius 3 is 1.64 bits per heavy atom. The molecule has 0 saturated heterocycles. The minimum Gasteiger partial charge on any atom is -0.371 e. The van der Waals surface area contributed by atoms with Crippen LogP contribution in [-0.2, 0) is 13.8 Å². The van der Waals surface area contributed by atoms with E-state index in [4.69, 9.17) is 13.8 Å². The highest BCUT2D eigenvalue weighted by atomic mass is 31.0. The van der Waals surface area contributed by atoms with Crippen molar-refractivity contribution in [3.8, 4) is 0 Å². The van der Waals surface area contributed by atoms with Gasteiger partial charge in [0.05, 0.1) is 25.4 Å². The summed E-state index contributed by atoms with van der Waals surface area (Å²) in [7, 11) is 4.39. The van der Waals surface area contributed by atoms with Crippen LogP contribution in [0.2, 0.25) is 0 Å². The van der Waals surface area contributed by atoms with E-state index in [1.807, 2.05) is 13.8 Å². The van der Waals surface area contributed by atoms with E-state index in [1.165, 1.54) is 0 Å². The summed E-state index contributed by atoms with van der Waals surface area (Å²) in [6.07, 6.45) is 0.227. The third kappa shape index (κ3) is 7.11. The van der Waals surface area contributed by atoms with Crippen molar-refractivity contribution in [2.45, 2.75) is 26.1 Å². The molecule has 0 fully saturated rings. The maximum absolute atomic E-state index is 5.45. The van der Waals surface area contributed by atoms with Gasteiger partial charge in [-0.15, -0.1) is 0 Å². The smallest absolute Gasteiger partial charge is 0.0788 e. The summed E-state index contributed by atoms with van der Waals surface area (Å²) in [6.45, 7) is 5.10. The van der Waals surface area contributed by atoms with Gasteiger partial charge in [-0.3, -0.25) is 0 Å². The molecule has 0 rings (SSSR count). The molecule has 0 aromatic carbocycles. The van der Waals surface area contributed by atoms with Crippen LogP contribution < -0.4 is 0 Å². The maximum atomic E-state index is 5.45. The first kappa shape index (κ1) is 11.7. The van der Waals surface area contributed by atoms with E-state index in [-0.39, 0.29) is 12.2 Å². The Kier molecular flexibility index (Phi) is 7.89. The zero-order chi connectivity index (χ0) is 8.69. The molecule has 4 unspecified atom stereocenters. The first-order chi connectivity index (χ1) is 5.20. The first-order valence-electron chi connectivity index (χ1n) is 3.49. The highest BCUT2D eigenvalue weighted by Gasteiger charge is 2.07. The van der Waals surface area contributed by atoms with E-state index in [0.717, 1.165) is 0 Å². The van der Waals surface area contributed by atoms with E-state index >= 15 is 0 Å². The van der Waals surface area contributed by atoms with E-state index in [1.54, 1.807) is 0 Å². The second-order valence-electron chi connectivity index (χ2n) is 2.42. The Labute approximate surface area is 72.7 Å². The molecular formula is C6H16O3P2. The molecule has 0 radical (unpaired) electrons. The second kappa shape index (κ2) is 7.39. The predicted octanol–water partition coefficient (Wildman–Crippen LogP) is 1.39.